The average molecular weight is 309 g/mol. The molecular weight excluding hydrogens is 292 g/mol. The summed E-state index contributed by atoms with van der Waals surface area (Å²) in [4.78, 5) is 13.0. The van der Waals surface area contributed by atoms with Gasteiger partial charge in [0.1, 0.15) is 0 Å². The van der Waals surface area contributed by atoms with Gasteiger partial charge in [-0.2, -0.15) is 0 Å². The maximum absolute atomic E-state index is 11.6. The predicted octanol–water partition coefficient (Wildman–Crippen LogP) is 4.61. The van der Waals surface area contributed by atoms with Crippen LogP contribution in [-0.2, 0) is 22.4 Å². The van der Waals surface area contributed by atoms with Crippen LogP contribution in [0.3, 0.4) is 0 Å². The fraction of sp³-hybridized carbons (Fsp3) is 0.438. The van der Waals surface area contributed by atoms with Gasteiger partial charge in [-0.1, -0.05) is 11.6 Å². The number of hydrogen-bond acceptors (Lipinski definition) is 3. The Labute approximate surface area is 127 Å². The first-order valence-electron chi connectivity index (χ1n) is 7.02. The Balaban J connectivity index is 1.81. The van der Waals surface area contributed by atoms with Crippen LogP contribution < -0.4 is 0 Å². The molecule has 1 unspecified atom stereocenters. The molecule has 2 nitrogen and oxygen atoms in total. The van der Waals surface area contributed by atoms with E-state index >= 15 is 0 Å². The molecule has 0 amide bonds. The number of halogens is 1. The van der Waals surface area contributed by atoms with Gasteiger partial charge in [0, 0.05) is 21.0 Å². The fourth-order valence-corrected chi connectivity index (χ4v) is 4.47. The predicted molar refractivity (Wildman–Crippen MR) is 83.6 cm³/mol. The lowest BCUT2D eigenvalue weighted by atomic mass is 9.85. The molecular formula is C16H17ClO2S. The van der Waals surface area contributed by atoms with Gasteiger partial charge in [0.25, 0.3) is 0 Å². The Morgan fingerprint density at radius 3 is 3.15 bits per heavy atom. The van der Waals surface area contributed by atoms with E-state index in [1.165, 1.54) is 20.5 Å². The smallest absolute Gasteiger partial charge is 0.306 e. The van der Waals surface area contributed by atoms with Crippen LogP contribution in [0.1, 0.15) is 30.2 Å². The van der Waals surface area contributed by atoms with Crippen LogP contribution in [0, 0.1) is 5.92 Å². The molecule has 1 aromatic heterocycles. The number of hydrogen-bond donors (Lipinski definition) is 0. The van der Waals surface area contributed by atoms with Crippen LogP contribution in [0.4, 0.5) is 0 Å². The van der Waals surface area contributed by atoms with Crippen LogP contribution in [0.25, 0.3) is 10.1 Å². The van der Waals surface area contributed by atoms with E-state index in [9.17, 15) is 4.79 Å². The van der Waals surface area contributed by atoms with E-state index in [1.54, 1.807) is 0 Å². The number of carbonyl (C=O) groups excluding carboxylic acids is 1. The van der Waals surface area contributed by atoms with Crippen LogP contribution in [-0.4, -0.2) is 12.6 Å². The Bertz CT molecular complexity index is 647. The van der Waals surface area contributed by atoms with Crippen LogP contribution in [0.5, 0.6) is 0 Å². The summed E-state index contributed by atoms with van der Waals surface area (Å²) in [5, 5.41) is 2.10. The molecule has 3 rings (SSSR count). The topological polar surface area (TPSA) is 26.3 Å². The van der Waals surface area contributed by atoms with Crippen molar-refractivity contribution in [2.45, 2.75) is 32.6 Å². The van der Waals surface area contributed by atoms with Crippen molar-refractivity contribution in [1.82, 2.24) is 0 Å². The Kier molecular flexibility index (Phi) is 3.99. The van der Waals surface area contributed by atoms with Crippen molar-refractivity contribution in [2.24, 2.45) is 5.92 Å². The molecule has 106 valence electrons. The minimum absolute atomic E-state index is 0.0647. The molecule has 0 fully saturated rings. The number of ether oxygens (including phenoxy) is 1. The molecule has 0 saturated carbocycles. The maximum atomic E-state index is 11.6. The van der Waals surface area contributed by atoms with Gasteiger partial charge in [-0.15, -0.1) is 11.3 Å². The van der Waals surface area contributed by atoms with Gasteiger partial charge in [0.15, 0.2) is 0 Å². The van der Waals surface area contributed by atoms with Crippen LogP contribution in [0.15, 0.2) is 18.2 Å². The van der Waals surface area contributed by atoms with Crippen molar-refractivity contribution < 1.29 is 9.53 Å². The number of carbonyl (C=O) groups is 1. The fourth-order valence-electron chi connectivity index (χ4n) is 2.95. The largest absolute Gasteiger partial charge is 0.466 e. The summed E-state index contributed by atoms with van der Waals surface area (Å²) in [5.41, 5.74) is 1.44. The number of esters is 1. The SMILES string of the molecule is CCOC(=O)CC1CCc2c(sc3ccc(Cl)cc23)C1. The molecule has 0 bridgehead atoms. The molecule has 1 aromatic carbocycles. The lowest BCUT2D eigenvalue weighted by Crippen LogP contribution is -2.17. The van der Waals surface area contributed by atoms with Crippen LogP contribution >= 0.6 is 22.9 Å². The zero-order valence-corrected chi connectivity index (χ0v) is 13.0. The van der Waals surface area contributed by atoms with Gasteiger partial charge >= 0.3 is 5.97 Å². The molecule has 0 saturated heterocycles. The second kappa shape index (κ2) is 5.74. The van der Waals surface area contributed by atoms with E-state index in [-0.39, 0.29) is 5.97 Å². The zero-order chi connectivity index (χ0) is 14.1. The quantitative estimate of drug-likeness (QED) is 0.774. The summed E-state index contributed by atoms with van der Waals surface area (Å²) in [6.07, 6.45) is 3.64. The van der Waals surface area contributed by atoms with Gasteiger partial charge in [-0.3, -0.25) is 4.79 Å². The molecule has 2 aromatic rings. The van der Waals surface area contributed by atoms with E-state index in [0.717, 1.165) is 24.3 Å². The molecule has 1 aliphatic rings. The molecule has 1 heterocycles. The molecule has 1 aliphatic carbocycles. The first-order valence-corrected chi connectivity index (χ1v) is 8.22. The summed E-state index contributed by atoms with van der Waals surface area (Å²) in [6.45, 7) is 2.32. The third-order valence-corrected chi connectivity index (χ3v) is 5.34. The Morgan fingerprint density at radius 2 is 2.35 bits per heavy atom. The number of benzene rings is 1. The van der Waals surface area contributed by atoms with E-state index in [1.807, 2.05) is 24.3 Å². The molecule has 0 spiro atoms. The van der Waals surface area contributed by atoms with E-state index < -0.39 is 0 Å². The van der Waals surface area contributed by atoms with Gasteiger partial charge in [0.05, 0.1) is 6.61 Å². The van der Waals surface area contributed by atoms with Crippen molar-refractivity contribution in [3.05, 3.63) is 33.7 Å². The molecule has 0 aliphatic heterocycles. The Hall–Kier alpha value is -1.06. The van der Waals surface area contributed by atoms with Crippen LogP contribution in [0.2, 0.25) is 5.02 Å². The molecule has 20 heavy (non-hydrogen) atoms. The second-order valence-corrected chi connectivity index (χ2v) is 6.84. The number of aryl methyl sites for hydroxylation is 1. The standard InChI is InChI=1S/C16H17ClO2S/c1-2-19-16(18)8-10-3-5-12-13-9-11(17)4-6-14(13)20-15(12)7-10/h4,6,9-10H,2-3,5,7-8H2,1H3. The molecule has 4 heteroatoms. The summed E-state index contributed by atoms with van der Waals surface area (Å²) < 4.78 is 6.36. The van der Waals surface area contributed by atoms with Gasteiger partial charge in [-0.25, -0.2) is 0 Å². The first kappa shape index (κ1) is 13.9. The van der Waals surface area contributed by atoms with Crippen molar-refractivity contribution in [1.29, 1.82) is 0 Å². The minimum atomic E-state index is -0.0647. The van der Waals surface area contributed by atoms with Crippen molar-refractivity contribution >= 4 is 39.0 Å². The highest BCUT2D eigenvalue weighted by atomic mass is 35.5. The zero-order valence-electron chi connectivity index (χ0n) is 11.4. The van der Waals surface area contributed by atoms with E-state index in [2.05, 4.69) is 12.1 Å². The average Bonchev–Trinajstić information content (AvgIpc) is 2.76. The molecule has 0 radical (unpaired) electrons. The minimum Gasteiger partial charge on any atom is -0.466 e. The first-order chi connectivity index (χ1) is 9.67. The van der Waals surface area contributed by atoms with Gasteiger partial charge < -0.3 is 4.74 Å². The monoisotopic (exact) mass is 308 g/mol. The number of fused-ring (bicyclic) bond motifs is 3. The third kappa shape index (κ3) is 2.70. The summed E-state index contributed by atoms with van der Waals surface area (Å²) in [5.74, 6) is 0.357. The normalized spacial score (nSPS) is 18.0. The summed E-state index contributed by atoms with van der Waals surface area (Å²) in [7, 11) is 0. The lowest BCUT2D eigenvalue weighted by Gasteiger charge is -2.21. The van der Waals surface area contributed by atoms with E-state index in [4.69, 9.17) is 16.3 Å². The third-order valence-electron chi connectivity index (χ3n) is 3.87. The summed E-state index contributed by atoms with van der Waals surface area (Å²) in [6, 6.07) is 6.11. The second-order valence-electron chi connectivity index (χ2n) is 5.26. The number of thiophene rings is 1. The highest BCUT2D eigenvalue weighted by Gasteiger charge is 2.24. The van der Waals surface area contributed by atoms with E-state index in [0.29, 0.717) is 18.9 Å². The Morgan fingerprint density at radius 1 is 1.50 bits per heavy atom. The molecule has 1 atom stereocenters. The highest BCUT2D eigenvalue weighted by Crippen LogP contribution is 2.39. The van der Waals surface area contributed by atoms with Crippen molar-refractivity contribution in [3.63, 3.8) is 0 Å². The van der Waals surface area contributed by atoms with Gasteiger partial charge in [-0.05, 0) is 61.3 Å². The van der Waals surface area contributed by atoms with Crippen molar-refractivity contribution in [2.75, 3.05) is 6.61 Å². The maximum Gasteiger partial charge on any atom is 0.306 e. The molecule has 0 N–H and O–H groups in total. The highest BCUT2D eigenvalue weighted by molar-refractivity contribution is 7.19. The summed E-state index contributed by atoms with van der Waals surface area (Å²) >= 11 is 7.94. The van der Waals surface area contributed by atoms with Crippen molar-refractivity contribution in [3.8, 4) is 0 Å². The lowest BCUT2D eigenvalue weighted by molar-refractivity contribution is -0.144. The number of rotatable bonds is 3. The van der Waals surface area contributed by atoms with Gasteiger partial charge in [0.2, 0.25) is 0 Å².